The van der Waals surface area contributed by atoms with Gasteiger partial charge in [0.15, 0.2) is 0 Å². The largest absolute Gasteiger partial charge is 0.416 e. The summed E-state index contributed by atoms with van der Waals surface area (Å²) in [6, 6.07) is 7.65. The van der Waals surface area contributed by atoms with Crippen LogP contribution in [0.3, 0.4) is 0 Å². The van der Waals surface area contributed by atoms with Crippen LogP contribution in [0, 0.1) is 5.82 Å². The maximum Gasteiger partial charge on any atom is 0.416 e. The van der Waals surface area contributed by atoms with E-state index >= 15 is 4.39 Å². The monoisotopic (exact) mass is 422 g/mol. The molecule has 4 nitrogen and oxygen atoms in total. The van der Waals surface area contributed by atoms with Crippen LogP contribution >= 0.6 is 0 Å². The van der Waals surface area contributed by atoms with Crippen molar-refractivity contribution in [2.45, 2.75) is 32.0 Å². The number of carbonyl (C=O) groups excluding carboxylic acids is 1. The van der Waals surface area contributed by atoms with Gasteiger partial charge >= 0.3 is 6.18 Å². The second kappa shape index (κ2) is 8.57. The lowest BCUT2D eigenvalue weighted by atomic mass is 9.89. The fourth-order valence-corrected chi connectivity index (χ4v) is 3.42. The number of hydroxylamine groups is 4. The summed E-state index contributed by atoms with van der Waals surface area (Å²) in [6.07, 6.45) is -2.71. The lowest BCUT2D eigenvalue weighted by Gasteiger charge is -2.25. The van der Waals surface area contributed by atoms with Crippen LogP contribution in [-0.2, 0) is 22.5 Å². The Hall–Kier alpha value is -2.71. The molecule has 3 rings (SSSR count). The summed E-state index contributed by atoms with van der Waals surface area (Å²) in [7, 11) is 1.68. The molecule has 30 heavy (non-hydrogen) atoms. The van der Waals surface area contributed by atoms with Crippen LogP contribution in [0.15, 0.2) is 49.1 Å². The number of alkyl halides is 3. The smallest absolute Gasteiger partial charge is 0.267 e. The van der Waals surface area contributed by atoms with Crippen LogP contribution in [0.2, 0.25) is 0 Å². The van der Waals surface area contributed by atoms with E-state index in [1.54, 1.807) is 13.1 Å². The lowest BCUT2D eigenvalue weighted by molar-refractivity contribution is -0.302. The van der Waals surface area contributed by atoms with Crippen molar-refractivity contribution >= 4 is 5.91 Å². The van der Waals surface area contributed by atoms with Crippen LogP contribution in [0.25, 0.3) is 11.1 Å². The third-order valence-corrected chi connectivity index (χ3v) is 5.14. The molecular formula is C22H22F4N2O2. The molecule has 8 heteroatoms. The van der Waals surface area contributed by atoms with Gasteiger partial charge in [-0.05, 0) is 53.3 Å². The number of halogens is 4. The third kappa shape index (κ3) is 4.71. The molecule has 0 spiro atoms. The van der Waals surface area contributed by atoms with Gasteiger partial charge in [-0.25, -0.2) is 4.39 Å². The molecule has 1 amide bonds. The molecule has 0 aliphatic carbocycles. The predicted octanol–water partition coefficient (Wildman–Crippen LogP) is 5.31. The topological polar surface area (TPSA) is 32.8 Å². The zero-order valence-corrected chi connectivity index (χ0v) is 16.7. The number of rotatable bonds is 2. The van der Waals surface area contributed by atoms with E-state index in [1.165, 1.54) is 23.3 Å². The molecule has 160 valence electrons. The van der Waals surface area contributed by atoms with E-state index in [0.717, 1.165) is 23.3 Å². The molecule has 1 atom stereocenters. The van der Waals surface area contributed by atoms with E-state index in [1.807, 2.05) is 6.92 Å². The standard InChI is InChI=1S/C22H22F4N2O2/c1-4-21(29)28-13-19-18(14(2)9-10-27(3)30-28)11-16(12-20(19)23)15-5-7-17(8-6-15)22(24,25)26/h4-8,11-12,14H,1,9-10,13H2,2-3H3. The summed E-state index contributed by atoms with van der Waals surface area (Å²) in [5.41, 5.74) is 1.18. The van der Waals surface area contributed by atoms with Crippen molar-refractivity contribution < 1.29 is 27.3 Å². The van der Waals surface area contributed by atoms with Gasteiger partial charge in [0.1, 0.15) is 5.82 Å². The molecule has 0 bridgehead atoms. The van der Waals surface area contributed by atoms with Gasteiger partial charge in [0.05, 0.1) is 12.1 Å². The third-order valence-electron chi connectivity index (χ3n) is 5.14. The quantitative estimate of drug-likeness (QED) is 0.486. The normalized spacial score (nSPS) is 18.2. The average molecular weight is 422 g/mol. The van der Waals surface area contributed by atoms with Crippen LogP contribution < -0.4 is 0 Å². The summed E-state index contributed by atoms with van der Waals surface area (Å²) in [5.74, 6) is -1.12. The second-order valence-corrected chi connectivity index (χ2v) is 7.30. The average Bonchev–Trinajstić information content (AvgIpc) is 2.76. The van der Waals surface area contributed by atoms with Crippen molar-refractivity contribution in [3.63, 3.8) is 0 Å². The molecular weight excluding hydrogens is 400 g/mol. The molecule has 0 radical (unpaired) electrons. The fourth-order valence-electron chi connectivity index (χ4n) is 3.42. The Kier molecular flexibility index (Phi) is 6.28. The van der Waals surface area contributed by atoms with E-state index in [0.29, 0.717) is 35.2 Å². The van der Waals surface area contributed by atoms with E-state index < -0.39 is 23.5 Å². The van der Waals surface area contributed by atoms with Crippen molar-refractivity contribution in [1.29, 1.82) is 0 Å². The van der Waals surface area contributed by atoms with Crippen LogP contribution in [-0.4, -0.2) is 29.6 Å². The van der Waals surface area contributed by atoms with Crippen molar-refractivity contribution in [3.05, 3.63) is 71.6 Å². The second-order valence-electron chi connectivity index (χ2n) is 7.30. The number of nitrogens with zero attached hydrogens (tertiary/aromatic N) is 2. The highest BCUT2D eigenvalue weighted by molar-refractivity contribution is 5.86. The zero-order valence-electron chi connectivity index (χ0n) is 16.7. The van der Waals surface area contributed by atoms with Gasteiger partial charge in [-0.2, -0.15) is 28.2 Å². The molecule has 0 saturated carbocycles. The van der Waals surface area contributed by atoms with Crippen molar-refractivity contribution in [2.24, 2.45) is 0 Å². The number of benzene rings is 2. The number of hydrogen-bond donors (Lipinski definition) is 0. The minimum absolute atomic E-state index is 0.0614. The van der Waals surface area contributed by atoms with E-state index in [2.05, 4.69) is 6.58 Å². The first-order chi connectivity index (χ1) is 14.1. The summed E-state index contributed by atoms with van der Waals surface area (Å²) in [6.45, 7) is 5.76. The van der Waals surface area contributed by atoms with Gasteiger partial charge in [0.2, 0.25) is 0 Å². The molecule has 1 heterocycles. The zero-order chi connectivity index (χ0) is 22.1. The highest BCUT2D eigenvalue weighted by atomic mass is 19.4. The minimum Gasteiger partial charge on any atom is -0.267 e. The molecule has 0 N–H and O–H groups in total. The molecule has 1 unspecified atom stereocenters. The maximum absolute atomic E-state index is 15.1. The van der Waals surface area contributed by atoms with E-state index in [-0.39, 0.29) is 12.5 Å². The number of fused-ring (bicyclic) bond motifs is 1. The van der Waals surface area contributed by atoms with Crippen LogP contribution in [0.1, 0.15) is 36.0 Å². The molecule has 0 saturated heterocycles. The van der Waals surface area contributed by atoms with Gasteiger partial charge in [0.25, 0.3) is 5.91 Å². The molecule has 1 aliphatic rings. The Balaban J connectivity index is 2.05. The Labute approximate surface area is 172 Å². The van der Waals surface area contributed by atoms with Gasteiger partial charge in [-0.15, -0.1) is 0 Å². The van der Waals surface area contributed by atoms with Gasteiger partial charge < -0.3 is 0 Å². The fraction of sp³-hybridized carbons (Fsp3) is 0.318. The maximum atomic E-state index is 15.1. The minimum atomic E-state index is -4.43. The van der Waals surface area contributed by atoms with Crippen molar-refractivity contribution in [2.75, 3.05) is 13.6 Å². The van der Waals surface area contributed by atoms with E-state index in [4.69, 9.17) is 4.94 Å². The predicted molar refractivity (Wildman–Crippen MR) is 104 cm³/mol. The summed E-state index contributed by atoms with van der Waals surface area (Å²) in [4.78, 5) is 17.7. The molecule has 1 aliphatic heterocycles. The lowest BCUT2D eigenvalue weighted by Crippen LogP contribution is -2.36. The molecule has 2 aromatic rings. The Morgan fingerprint density at radius 1 is 1.20 bits per heavy atom. The number of amides is 1. The number of carbonyl (C=O) groups is 1. The highest BCUT2D eigenvalue weighted by Crippen LogP contribution is 2.35. The van der Waals surface area contributed by atoms with E-state index in [9.17, 15) is 18.0 Å². The van der Waals surface area contributed by atoms with Crippen LogP contribution in [0.4, 0.5) is 17.6 Å². The Morgan fingerprint density at radius 3 is 2.47 bits per heavy atom. The first-order valence-corrected chi connectivity index (χ1v) is 9.43. The van der Waals surface area contributed by atoms with Gasteiger partial charge in [-0.3, -0.25) is 4.79 Å². The SMILES string of the molecule is C=CC(=O)N1Cc2c(F)cc(-c3ccc(C(F)(F)F)cc3)cc2C(C)CCN(C)O1. The summed E-state index contributed by atoms with van der Waals surface area (Å²) in [5, 5.41) is 2.53. The Morgan fingerprint density at radius 2 is 1.87 bits per heavy atom. The molecule has 2 aromatic carbocycles. The first kappa shape index (κ1) is 22.0. The number of hydrogen-bond acceptors (Lipinski definition) is 3. The summed E-state index contributed by atoms with van der Waals surface area (Å²) >= 11 is 0. The first-order valence-electron chi connectivity index (χ1n) is 9.43. The van der Waals surface area contributed by atoms with Gasteiger partial charge in [-0.1, -0.05) is 31.7 Å². The summed E-state index contributed by atoms with van der Waals surface area (Å²) < 4.78 is 53.6. The van der Waals surface area contributed by atoms with Crippen LogP contribution in [0.5, 0.6) is 0 Å². The molecule has 0 fully saturated rings. The Bertz CT molecular complexity index is 941. The van der Waals surface area contributed by atoms with Crippen molar-refractivity contribution in [1.82, 2.24) is 10.1 Å². The molecule has 0 aromatic heterocycles. The van der Waals surface area contributed by atoms with Gasteiger partial charge in [0, 0.05) is 19.2 Å². The highest BCUT2D eigenvalue weighted by Gasteiger charge is 2.30. The van der Waals surface area contributed by atoms with Crippen molar-refractivity contribution in [3.8, 4) is 11.1 Å².